The van der Waals surface area contributed by atoms with Crippen molar-refractivity contribution in [3.63, 3.8) is 0 Å². The largest absolute Gasteiger partial charge is 0.433 e. The Morgan fingerprint density at radius 1 is 1.50 bits per heavy atom. The maximum atomic E-state index is 12.5. The van der Waals surface area contributed by atoms with Gasteiger partial charge in [0.15, 0.2) is 0 Å². The van der Waals surface area contributed by atoms with Gasteiger partial charge in [-0.2, -0.15) is 17.6 Å². The van der Waals surface area contributed by atoms with Crippen molar-refractivity contribution in [1.82, 2.24) is 10.5 Å². The first-order valence-electron chi connectivity index (χ1n) is 6.17. The topological polar surface area (TPSA) is 89.6 Å². The highest BCUT2D eigenvalue weighted by molar-refractivity contribution is 8.01. The SMILES string of the molecule is CCONC(N)=NS(C)(=O)=C(C)c1ccc(C(F)(F)F)nc1. The smallest absolute Gasteiger partial charge is 0.367 e. The second kappa shape index (κ2) is 6.97. The Kier molecular flexibility index (Phi) is 5.78. The van der Waals surface area contributed by atoms with Gasteiger partial charge >= 0.3 is 6.18 Å². The first-order valence-corrected chi connectivity index (χ1v) is 8.10. The van der Waals surface area contributed by atoms with Crippen molar-refractivity contribution in [3.8, 4) is 0 Å². The van der Waals surface area contributed by atoms with Gasteiger partial charge < -0.3 is 5.73 Å². The molecule has 10 heteroatoms. The standard InChI is InChI=1S/C12H17F3N4O2S/c1-4-21-18-11(16)19-22(3,20)8(2)9-5-6-10(17-7-9)12(13,14)15/h5-7H,4H2,1-3H3,(H3,16,18,19,20). The lowest BCUT2D eigenvalue weighted by molar-refractivity contribution is -0.141. The maximum Gasteiger partial charge on any atom is 0.433 e. The predicted molar refractivity (Wildman–Crippen MR) is 79.5 cm³/mol. The Balaban J connectivity index is 3.16. The molecule has 0 saturated heterocycles. The molecular formula is C12H17F3N4O2S. The Labute approximate surface area is 126 Å². The molecule has 1 unspecified atom stereocenters. The van der Waals surface area contributed by atoms with Gasteiger partial charge in [0.1, 0.15) is 5.69 Å². The van der Waals surface area contributed by atoms with Crippen molar-refractivity contribution >= 4 is 20.5 Å². The van der Waals surface area contributed by atoms with Gasteiger partial charge in [-0.25, -0.2) is 9.69 Å². The summed E-state index contributed by atoms with van der Waals surface area (Å²) in [6.45, 7) is 3.53. The summed E-state index contributed by atoms with van der Waals surface area (Å²) >= 11 is 0. The lowest BCUT2D eigenvalue weighted by atomic mass is 10.2. The third-order valence-electron chi connectivity index (χ3n) is 2.62. The number of hydroxylamine groups is 1. The number of halogens is 3. The van der Waals surface area contributed by atoms with Gasteiger partial charge in [0.2, 0.25) is 5.96 Å². The van der Waals surface area contributed by atoms with E-state index in [1.807, 2.05) is 0 Å². The molecule has 1 aromatic heterocycles. The Morgan fingerprint density at radius 3 is 2.59 bits per heavy atom. The number of alkyl halides is 3. The van der Waals surface area contributed by atoms with Crippen LogP contribution in [0.15, 0.2) is 22.7 Å². The molecule has 0 spiro atoms. The number of nitrogens with one attached hydrogen (secondary N) is 1. The molecule has 22 heavy (non-hydrogen) atoms. The van der Waals surface area contributed by atoms with Crippen LogP contribution in [0.5, 0.6) is 0 Å². The zero-order valence-corrected chi connectivity index (χ0v) is 13.1. The molecule has 0 radical (unpaired) electrons. The predicted octanol–water partition coefficient (Wildman–Crippen LogP) is 1.33. The molecule has 3 N–H and O–H groups in total. The molecule has 0 amide bonds. The van der Waals surface area contributed by atoms with E-state index in [2.05, 4.69) is 14.9 Å². The fourth-order valence-electron chi connectivity index (χ4n) is 1.41. The van der Waals surface area contributed by atoms with Crippen molar-refractivity contribution in [2.45, 2.75) is 20.0 Å². The minimum atomic E-state index is -4.52. The number of hydrogen-bond donors (Lipinski definition) is 2. The number of pyridine rings is 1. The lowest BCUT2D eigenvalue weighted by Gasteiger charge is -2.10. The second-order valence-electron chi connectivity index (χ2n) is 4.30. The summed E-state index contributed by atoms with van der Waals surface area (Å²) in [7, 11) is -2.93. The molecule has 1 atom stereocenters. The number of nitrogens with two attached hydrogens (primary N) is 1. The van der Waals surface area contributed by atoms with E-state index in [0.29, 0.717) is 6.61 Å². The summed E-state index contributed by atoms with van der Waals surface area (Å²) in [5.41, 5.74) is 7.06. The van der Waals surface area contributed by atoms with E-state index in [9.17, 15) is 17.4 Å². The molecule has 0 aliphatic carbocycles. The van der Waals surface area contributed by atoms with Gasteiger partial charge in [0.25, 0.3) is 0 Å². The number of hydrogen-bond acceptors (Lipinski definition) is 3. The highest BCUT2D eigenvalue weighted by atomic mass is 32.2. The number of rotatable bonds is 4. The van der Waals surface area contributed by atoms with Crippen LogP contribution in [-0.2, 0) is 20.7 Å². The van der Waals surface area contributed by atoms with E-state index in [0.717, 1.165) is 12.3 Å². The van der Waals surface area contributed by atoms with Crippen LogP contribution in [0, 0.1) is 0 Å². The van der Waals surface area contributed by atoms with Crippen LogP contribution < -0.4 is 11.2 Å². The highest BCUT2D eigenvalue weighted by Gasteiger charge is 2.32. The van der Waals surface area contributed by atoms with Gasteiger partial charge in [0.05, 0.1) is 16.3 Å². The fraction of sp³-hybridized carbons (Fsp3) is 0.417. The summed E-state index contributed by atoms with van der Waals surface area (Å²) in [6, 6.07) is 2.01. The Morgan fingerprint density at radius 2 is 2.14 bits per heavy atom. The molecule has 1 aromatic rings. The summed E-state index contributed by atoms with van der Waals surface area (Å²) in [4.78, 5) is 8.38. The molecule has 6 nitrogen and oxygen atoms in total. The van der Waals surface area contributed by atoms with Crippen molar-refractivity contribution in [3.05, 3.63) is 29.6 Å². The van der Waals surface area contributed by atoms with Crippen molar-refractivity contribution in [2.24, 2.45) is 10.1 Å². The summed E-state index contributed by atoms with van der Waals surface area (Å²) in [5.74, 6) is -0.187. The van der Waals surface area contributed by atoms with Crippen LogP contribution in [0.1, 0.15) is 25.1 Å². The van der Waals surface area contributed by atoms with Crippen molar-refractivity contribution < 1.29 is 22.2 Å². The molecule has 124 valence electrons. The Hall–Kier alpha value is -1.81. The molecule has 0 aliphatic rings. The normalized spacial score (nSPS) is 15.3. The van der Waals surface area contributed by atoms with Crippen LogP contribution in [0.4, 0.5) is 13.2 Å². The average molecular weight is 338 g/mol. The van der Waals surface area contributed by atoms with E-state index in [-0.39, 0.29) is 16.4 Å². The molecule has 0 fully saturated rings. The van der Waals surface area contributed by atoms with Gasteiger partial charge in [-0.15, -0.1) is 0 Å². The van der Waals surface area contributed by atoms with E-state index >= 15 is 0 Å². The lowest BCUT2D eigenvalue weighted by Crippen LogP contribution is -2.33. The van der Waals surface area contributed by atoms with Crippen LogP contribution in [0.3, 0.4) is 0 Å². The fourth-order valence-corrected chi connectivity index (χ4v) is 2.52. The third-order valence-corrected chi connectivity index (χ3v) is 4.54. The summed E-state index contributed by atoms with van der Waals surface area (Å²) < 4.78 is 53.7. The summed E-state index contributed by atoms with van der Waals surface area (Å²) in [6.07, 6.45) is -2.20. The molecule has 0 bridgehead atoms. The van der Waals surface area contributed by atoms with Crippen LogP contribution in [0.25, 0.3) is 0 Å². The second-order valence-corrected chi connectivity index (χ2v) is 6.70. The first-order chi connectivity index (χ1) is 10.1. The van der Waals surface area contributed by atoms with Crippen LogP contribution in [-0.4, -0.2) is 32.9 Å². The van der Waals surface area contributed by atoms with Crippen molar-refractivity contribution in [1.29, 1.82) is 0 Å². The minimum absolute atomic E-state index is 0.187. The van der Waals surface area contributed by atoms with E-state index in [1.54, 1.807) is 6.92 Å². The van der Waals surface area contributed by atoms with Gasteiger partial charge in [-0.05, 0) is 19.9 Å². The zero-order valence-electron chi connectivity index (χ0n) is 12.3. The van der Waals surface area contributed by atoms with Gasteiger partial charge in [-0.1, -0.05) is 6.07 Å². The number of guanidine groups is 1. The summed E-state index contributed by atoms with van der Waals surface area (Å²) in [5, 5.41) is 0. The molecular weight excluding hydrogens is 321 g/mol. The van der Waals surface area contributed by atoms with E-state index in [1.165, 1.54) is 19.2 Å². The number of aromatic nitrogens is 1. The van der Waals surface area contributed by atoms with Crippen LogP contribution in [0.2, 0.25) is 0 Å². The number of nitrogens with zero attached hydrogens (tertiary/aromatic N) is 2. The van der Waals surface area contributed by atoms with Crippen molar-refractivity contribution in [2.75, 3.05) is 12.9 Å². The average Bonchev–Trinajstić information content (AvgIpc) is 2.43. The van der Waals surface area contributed by atoms with Gasteiger partial charge in [0, 0.05) is 22.9 Å². The van der Waals surface area contributed by atoms with Crippen LogP contribution >= 0.6 is 0 Å². The molecule has 0 saturated carbocycles. The van der Waals surface area contributed by atoms with E-state index < -0.39 is 21.6 Å². The first kappa shape index (κ1) is 18.2. The monoisotopic (exact) mass is 338 g/mol. The molecule has 1 heterocycles. The van der Waals surface area contributed by atoms with Gasteiger partial charge in [-0.3, -0.25) is 9.82 Å². The molecule has 0 aromatic carbocycles. The quantitative estimate of drug-likeness (QED) is 0.284. The molecule has 0 aliphatic heterocycles. The minimum Gasteiger partial charge on any atom is -0.367 e. The highest BCUT2D eigenvalue weighted by Crippen LogP contribution is 2.27. The van der Waals surface area contributed by atoms with E-state index in [4.69, 9.17) is 10.6 Å². The third kappa shape index (κ3) is 4.88. The Bertz CT molecular complexity index is 662. The maximum absolute atomic E-state index is 12.5. The molecule has 1 rings (SSSR count). The zero-order chi connectivity index (χ0) is 17.0.